The van der Waals surface area contributed by atoms with Crippen LogP contribution in [0.5, 0.6) is 11.5 Å². The smallest absolute Gasteiger partial charge is 0.124 e. The molecule has 1 heterocycles. The molecule has 4 nitrogen and oxygen atoms in total. The number of ether oxygens (including phenoxy) is 2. The van der Waals surface area contributed by atoms with Gasteiger partial charge in [0, 0.05) is 23.4 Å². The van der Waals surface area contributed by atoms with Gasteiger partial charge in [-0.15, -0.1) is 11.8 Å². The van der Waals surface area contributed by atoms with Gasteiger partial charge in [0.15, 0.2) is 0 Å². The van der Waals surface area contributed by atoms with E-state index in [1.165, 1.54) is 4.91 Å². The number of hydrogen-bond acceptors (Lipinski definition) is 5. The summed E-state index contributed by atoms with van der Waals surface area (Å²) in [5.41, 5.74) is 2.12. The number of halogens is 2. The maximum absolute atomic E-state index is 10.2. The first-order valence-corrected chi connectivity index (χ1v) is 11.3. The molecule has 2 aromatic rings. The molecule has 0 spiro atoms. The molecule has 1 aliphatic rings. The van der Waals surface area contributed by atoms with Gasteiger partial charge in [-0.3, -0.25) is 0 Å². The van der Waals surface area contributed by atoms with Crippen molar-refractivity contribution in [3.8, 4) is 11.5 Å². The number of rotatable bonds is 9. The zero-order chi connectivity index (χ0) is 20.6. The van der Waals surface area contributed by atoms with Crippen molar-refractivity contribution in [1.29, 1.82) is 0 Å². The highest BCUT2D eigenvalue weighted by Crippen LogP contribution is 2.31. The van der Waals surface area contributed by atoms with Gasteiger partial charge in [-0.05, 0) is 41.8 Å². The minimum Gasteiger partial charge on any atom is -0.491 e. The normalized spacial score (nSPS) is 16.2. The van der Waals surface area contributed by atoms with Crippen LogP contribution in [-0.2, 0) is 6.42 Å². The fraction of sp³-hybridized carbons (Fsp3) is 0.364. The van der Waals surface area contributed by atoms with Gasteiger partial charge in [0.25, 0.3) is 0 Å². The van der Waals surface area contributed by atoms with E-state index in [0.29, 0.717) is 21.5 Å². The molecule has 0 radical (unpaired) electrons. The van der Waals surface area contributed by atoms with Crippen LogP contribution in [0, 0.1) is 0 Å². The van der Waals surface area contributed by atoms with Crippen LogP contribution >= 0.6 is 35.0 Å². The van der Waals surface area contributed by atoms with E-state index < -0.39 is 6.10 Å². The lowest BCUT2D eigenvalue weighted by molar-refractivity contribution is 0.0623. The number of hydrogen-bond donors (Lipinski definition) is 2. The molecule has 1 atom stereocenters. The molecule has 1 aliphatic heterocycles. The number of aryl methyl sites for hydroxylation is 1. The minimum absolute atomic E-state index is 0.114. The van der Waals surface area contributed by atoms with Crippen LogP contribution in [0.15, 0.2) is 41.3 Å². The van der Waals surface area contributed by atoms with Crippen molar-refractivity contribution in [2.24, 2.45) is 0 Å². The second-order valence-corrected chi connectivity index (χ2v) is 8.71. The molecular weight excluding hydrogens is 429 g/mol. The van der Waals surface area contributed by atoms with E-state index in [4.69, 9.17) is 32.7 Å². The fourth-order valence-corrected chi connectivity index (χ4v) is 4.06. The Kier molecular flexibility index (Phi) is 8.57. The molecule has 7 heteroatoms. The van der Waals surface area contributed by atoms with E-state index in [1.54, 1.807) is 6.07 Å². The quantitative estimate of drug-likeness (QED) is 0.532. The summed E-state index contributed by atoms with van der Waals surface area (Å²) in [6.07, 6.45) is 3.20. The SMILES string of the molecule is CCCc1cc(Cl)c(Cl)cc1OCC(O)COc1ccc(C=C2CNCS2)cc1. The summed E-state index contributed by atoms with van der Waals surface area (Å²) < 4.78 is 11.5. The number of benzene rings is 2. The van der Waals surface area contributed by atoms with Crippen LogP contribution in [0.1, 0.15) is 24.5 Å². The topological polar surface area (TPSA) is 50.7 Å². The molecular formula is C22H25Cl2NO3S. The zero-order valence-electron chi connectivity index (χ0n) is 16.3. The highest BCUT2D eigenvalue weighted by Gasteiger charge is 2.12. The average Bonchev–Trinajstić information content (AvgIpc) is 3.22. The van der Waals surface area contributed by atoms with E-state index in [2.05, 4.69) is 18.3 Å². The number of aliphatic hydroxyl groups is 1. The average molecular weight is 454 g/mol. The van der Waals surface area contributed by atoms with E-state index in [1.807, 2.05) is 42.1 Å². The molecule has 0 amide bonds. The fourth-order valence-electron chi connectivity index (χ4n) is 2.90. The molecule has 0 aromatic heterocycles. The minimum atomic E-state index is -0.762. The Labute approximate surface area is 186 Å². The number of aliphatic hydroxyl groups excluding tert-OH is 1. The summed E-state index contributed by atoms with van der Waals surface area (Å²) >= 11 is 14.0. The van der Waals surface area contributed by atoms with E-state index in [9.17, 15) is 5.11 Å². The van der Waals surface area contributed by atoms with Gasteiger partial charge in [-0.2, -0.15) is 0 Å². The maximum atomic E-state index is 10.2. The monoisotopic (exact) mass is 453 g/mol. The summed E-state index contributed by atoms with van der Waals surface area (Å²) in [6, 6.07) is 11.4. The van der Waals surface area contributed by atoms with Gasteiger partial charge in [0.1, 0.15) is 30.8 Å². The second kappa shape index (κ2) is 11.1. The Morgan fingerprint density at radius 3 is 2.55 bits per heavy atom. The third kappa shape index (κ3) is 6.83. The maximum Gasteiger partial charge on any atom is 0.124 e. The molecule has 156 valence electrons. The Balaban J connectivity index is 1.49. The standard InChI is InChI=1S/C22H25Cl2NO3S/c1-2-3-16-9-20(23)21(24)10-22(16)28-13-17(26)12-27-18-6-4-15(5-7-18)8-19-11-25-14-29-19/h4-10,17,25-26H,2-3,11-14H2,1H3. The van der Waals surface area contributed by atoms with Crippen molar-refractivity contribution < 1.29 is 14.6 Å². The van der Waals surface area contributed by atoms with Crippen LogP contribution in [0.3, 0.4) is 0 Å². The Bertz CT molecular complexity index is 835. The first-order chi connectivity index (χ1) is 14.0. The lowest BCUT2D eigenvalue weighted by Gasteiger charge is -2.16. The molecule has 1 unspecified atom stereocenters. The first-order valence-electron chi connectivity index (χ1n) is 9.61. The summed E-state index contributed by atoms with van der Waals surface area (Å²) in [7, 11) is 0. The van der Waals surface area contributed by atoms with Crippen molar-refractivity contribution in [1.82, 2.24) is 5.32 Å². The van der Waals surface area contributed by atoms with Gasteiger partial charge in [-0.25, -0.2) is 0 Å². The largest absolute Gasteiger partial charge is 0.491 e. The number of thioether (sulfide) groups is 1. The zero-order valence-corrected chi connectivity index (χ0v) is 18.6. The van der Waals surface area contributed by atoms with Crippen molar-refractivity contribution >= 4 is 41.0 Å². The Morgan fingerprint density at radius 1 is 1.14 bits per heavy atom. The van der Waals surface area contributed by atoms with Crippen LogP contribution in [0.2, 0.25) is 10.0 Å². The predicted molar refractivity (Wildman–Crippen MR) is 122 cm³/mol. The second-order valence-electron chi connectivity index (χ2n) is 6.80. The van der Waals surface area contributed by atoms with Crippen molar-refractivity contribution in [2.45, 2.75) is 25.9 Å². The molecule has 2 aromatic carbocycles. The highest BCUT2D eigenvalue weighted by atomic mass is 35.5. The van der Waals surface area contributed by atoms with Gasteiger partial charge in [0.05, 0.1) is 10.0 Å². The molecule has 3 rings (SSSR count). The molecule has 0 saturated carbocycles. The molecule has 0 bridgehead atoms. The first kappa shape index (κ1) is 22.3. The molecule has 2 N–H and O–H groups in total. The van der Waals surface area contributed by atoms with E-state index in [-0.39, 0.29) is 13.2 Å². The third-order valence-corrected chi connectivity index (χ3v) is 6.07. The predicted octanol–water partition coefficient (Wildman–Crippen LogP) is 5.40. The van der Waals surface area contributed by atoms with Gasteiger partial charge in [0.2, 0.25) is 0 Å². The molecule has 1 saturated heterocycles. The van der Waals surface area contributed by atoms with Crippen molar-refractivity contribution in [3.05, 3.63) is 62.5 Å². The van der Waals surface area contributed by atoms with E-state index >= 15 is 0 Å². The van der Waals surface area contributed by atoms with Crippen LogP contribution < -0.4 is 14.8 Å². The van der Waals surface area contributed by atoms with Gasteiger partial charge >= 0.3 is 0 Å². The third-order valence-electron chi connectivity index (χ3n) is 4.36. The summed E-state index contributed by atoms with van der Waals surface area (Å²) in [4.78, 5) is 1.33. The Morgan fingerprint density at radius 2 is 1.86 bits per heavy atom. The summed E-state index contributed by atoms with van der Waals surface area (Å²) in [5.74, 6) is 2.33. The van der Waals surface area contributed by atoms with Crippen molar-refractivity contribution in [2.75, 3.05) is 25.6 Å². The summed E-state index contributed by atoms with van der Waals surface area (Å²) in [5, 5.41) is 14.5. The highest BCUT2D eigenvalue weighted by molar-refractivity contribution is 8.03. The summed E-state index contributed by atoms with van der Waals surface area (Å²) in [6.45, 7) is 3.27. The number of nitrogens with one attached hydrogen (secondary N) is 1. The van der Waals surface area contributed by atoms with E-state index in [0.717, 1.165) is 36.4 Å². The Hall–Kier alpha value is -1.37. The molecule has 29 heavy (non-hydrogen) atoms. The van der Waals surface area contributed by atoms with Gasteiger partial charge in [-0.1, -0.05) is 48.7 Å². The lowest BCUT2D eigenvalue weighted by atomic mass is 10.1. The van der Waals surface area contributed by atoms with Crippen LogP contribution in [0.4, 0.5) is 0 Å². The molecule has 1 fully saturated rings. The van der Waals surface area contributed by atoms with Crippen molar-refractivity contribution in [3.63, 3.8) is 0 Å². The lowest BCUT2D eigenvalue weighted by Crippen LogP contribution is -2.25. The van der Waals surface area contributed by atoms with Crippen LogP contribution in [-0.4, -0.2) is 36.8 Å². The molecule has 0 aliphatic carbocycles. The van der Waals surface area contributed by atoms with Crippen LogP contribution in [0.25, 0.3) is 6.08 Å². The van der Waals surface area contributed by atoms with Gasteiger partial charge < -0.3 is 19.9 Å².